The van der Waals surface area contributed by atoms with Gasteiger partial charge >= 0.3 is 0 Å². The van der Waals surface area contributed by atoms with Crippen molar-refractivity contribution in [2.75, 3.05) is 25.4 Å². The standard InChI is InChI=1S/C34H38N2P2.Ni/c1-29(35-25-15-27-37(31-17-7-3-8-18-31)32-19-9-4-10-20-32)30(2)36-26-16-28-38(33-21-11-5-12-22-33)34-23-13-6-14-24-34;/h3-14,17-24H,15-16,25-28H2,1-2H3;. The summed E-state index contributed by atoms with van der Waals surface area (Å²) in [5.74, 6) is 0. The van der Waals surface area contributed by atoms with E-state index in [-0.39, 0.29) is 32.3 Å². The Morgan fingerprint density at radius 1 is 0.462 bits per heavy atom. The first-order valence-corrected chi connectivity index (χ1v) is 16.6. The molecule has 0 N–H and O–H groups in total. The van der Waals surface area contributed by atoms with E-state index in [4.69, 9.17) is 9.98 Å². The molecule has 4 aromatic carbocycles. The third-order valence-electron chi connectivity index (χ3n) is 6.57. The van der Waals surface area contributed by atoms with E-state index in [1.54, 1.807) is 0 Å². The zero-order valence-corrected chi connectivity index (χ0v) is 25.7. The van der Waals surface area contributed by atoms with Crippen molar-refractivity contribution in [2.45, 2.75) is 26.7 Å². The molecule has 5 heteroatoms. The summed E-state index contributed by atoms with van der Waals surface area (Å²) < 4.78 is 0. The van der Waals surface area contributed by atoms with E-state index in [0.29, 0.717) is 0 Å². The van der Waals surface area contributed by atoms with Crippen LogP contribution in [0.2, 0.25) is 0 Å². The van der Waals surface area contributed by atoms with Gasteiger partial charge in [-0.25, -0.2) is 0 Å². The van der Waals surface area contributed by atoms with Gasteiger partial charge in [0.25, 0.3) is 0 Å². The van der Waals surface area contributed by atoms with Crippen molar-refractivity contribution in [2.24, 2.45) is 9.98 Å². The van der Waals surface area contributed by atoms with Crippen LogP contribution in [-0.4, -0.2) is 36.8 Å². The molecule has 0 aliphatic heterocycles. The molecule has 4 rings (SSSR count). The summed E-state index contributed by atoms with van der Waals surface area (Å²) in [6.45, 7) is 5.92. The Balaban J connectivity index is 0.00000420. The summed E-state index contributed by atoms with van der Waals surface area (Å²) >= 11 is 0. The number of benzene rings is 4. The molecule has 0 aliphatic carbocycles. The Hall–Kier alpha value is -2.43. The second kappa shape index (κ2) is 17.3. The summed E-state index contributed by atoms with van der Waals surface area (Å²) in [5, 5.41) is 5.77. The van der Waals surface area contributed by atoms with Gasteiger partial charge in [-0.2, -0.15) is 0 Å². The molecule has 0 spiro atoms. The number of hydrogen-bond donors (Lipinski definition) is 0. The number of nitrogens with zero attached hydrogens (tertiary/aromatic N) is 2. The van der Waals surface area contributed by atoms with Gasteiger partial charge in [-0.3, -0.25) is 9.98 Å². The molecule has 0 unspecified atom stereocenters. The van der Waals surface area contributed by atoms with Crippen LogP contribution in [0.15, 0.2) is 131 Å². The van der Waals surface area contributed by atoms with Crippen LogP contribution >= 0.6 is 15.8 Å². The predicted molar refractivity (Wildman–Crippen MR) is 173 cm³/mol. The third-order valence-corrected chi connectivity index (χ3v) is 11.8. The Bertz CT molecular complexity index is 1100. The smallest absolute Gasteiger partial charge is 0.0524 e. The molecule has 204 valence electrons. The van der Waals surface area contributed by atoms with Gasteiger partial charge in [0.1, 0.15) is 0 Å². The van der Waals surface area contributed by atoms with Gasteiger partial charge in [-0.15, -0.1) is 0 Å². The van der Waals surface area contributed by atoms with Crippen molar-refractivity contribution >= 4 is 48.5 Å². The third kappa shape index (κ3) is 9.92. The fourth-order valence-electron chi connectivity index (χ4n) is 4.43. The number of hydrogen-bond acceptors (Lipinski definition) is 2. The first kappa shape index (κ1) is 31.1. The van der Waals surface area contributed by atoms with Crippen LogP contribution in [-0.2, 0) is 16.5 Å². The molecule has 0 aromatic heterocycles. The van der Waals surface area contributed by atoms with Crippen LogP contribution in [0.3, 0.4) is 0 Å². The van der Waals surface area contributed by atoms with E-state index in [1.165, 1.54) is 21.2 Å². The first-order valence-electron chi connectivity index (χ1n) is 13.5. The molecule has 0 saturated carbocycles. The minimum absolute atomic E-state index is 0. The maximum Gasteiger partial charge on any atom is 0.0524 e. The van der Waals surface area contributed by atoms with E-state index >= 15 is 0 Å². The fraction of sp³-hybridized carbons (Fsp3) is 0.235. The molecule has 39 heavy (non-hydrogen) atoms. The topological polar surface area (TPSA) is 24.7 Å². The average molecular weight is 595 g/mol. The van der Waals surface area contributed by atoms with Gasteiger partial charge in [-0.1, -0.05) is 121 Å². The first-order chi connectivity index (χ1) is 18.7. The molecule has 0 heterocycles. The zero-order chi connectivity index (χ0) is 26.4. The second-order valence-corrected chi connectivity index (χ2v) is 14.0. The summed E-state index contributed by atoms with van der Waals surface area (Å²) in [6, 6.07) is 43.8. The maximum atomic E-state index is 4.89. The molecule has 0 fully saturated rings. The molecular weight excluding hydrogens is 557 g/mol. The molecule has 0 bridgehead atoms. The van der Waals surface area contributed by atoms with Crippen LogP contribution in [0.25, 0.3) is 0 Å². The van der Waals surface area contributed by atoms with E-state index in [2.05, 4.69) is 135 Å². The summed E-state index contributed by atoms with van der Waals surface area (Å²) in [6.07, 6.45) is 4.47. The zero-order valence-electron chi connectivity index (χ0n) is 22.9. The van der Waals surface area contributed by atoms with Crippen LogP contribution in [0.4, 0.5) is 0 Å². The van der Waals surface area contributed by atoms with Gasteiger partial charge in [-0.05, 0) is 76.1 Å². The molecule has 2 nitrogen and oxygen atoms in total. The van der Waals surface area contributed by atoms with E-state index in [0.717, 1.165) is 49.7 Å². The molecule has 4 aromatic rings. The van der Waals surface area contributed by atoms with Crippen molar-refractivity contribution < 1.29 is 16.5 Å². The minimum atomic E-state index is -0.351. The van der Waals surface area contributed by atoms with E-state index < -0.39 is 0 Å². The van der Waals surface area contributed by atoms with Gasteiger partial charge in [0, 0.05) is 29.6 Å². The molecule has 0 saturated heterocycles. The summed E-state index contributed by atoms with van der Waals surface area (Å²) in [7, 11) is -0.703. The Morgan fingerprint density at radius 2 is 0.718 bits per heavy atom. The Kier molecular flexibility index (Phi) is 13.8. The van der Waals surface area contributed by atoms with Gasteiger partial charge in [0.05, 0.1) is 11.4 Å². The van der Waals surface area contributed by atoms with Crippen molar-refractivity contribution in [1.29, 1.82) is 0 Å². The summed E-state index contributed by atoms with van der Waals surface area (Å²) in [5.41, 5.74) is 2.14. The van der Waals surface area contributed by atoms with Crippen LogP contribution in [0, 0.1) is 0 Å². The van der Waals surface area contributed by atoms with Crippen LogP contribution in [0.5, 0.6) is 0 Å². The van der Waals surface area contributed by atoms with Crippen molar-refractivity contribution in [1.82, 2.24) is 0 Å². The molecule has 0 atom stereocenters. The van der Waals surface area contributed by atoms with E-state index in [1.807, 2.05) is 0 Å². The molecule has 0 amide bonds. The van der Waals surface area contributed by atoms with Gasteiger partial charge < -0.3 is 0 Å². The van der Waals surface area contributed by atoms with Crippen molar-refractivity contribution in [3.8, 4) is 0 Å². The Labute approximate surface area is 247 Å². The SMILES string of the molecule is CC(=NCCCP(c1ccccc1)c1ccccc1)C(C)=NCCCP(c1ccccc1)c1ccccc1.[Ni]. The molecule has 0 radical (unpaired) electrons. The van der Waals surface area contributed by atoms with Crippen LogP contribution < -0.4 is 21.2 Å². The maximum absolute atomic E-state index is 4.89. The normalized spacial score (nSPS) is 12.0. The molecular formula is C34H38N2NiP2. The monoisotopic (exact) mass is 594 g/mol. The molecule has 0 aliphatic rings. The van der Waals surface area contributed by atoms with Gasteiger partial charge in [0.15, 0.2) is 0 Å². The van der Waals surface area contributed by atoms with Crippen LogP contribution in [0.1, 0.15) is 26.7 Å². The summed E-state index contributed by atoms with van der Waals surface area (Å²) in [4.78, 5) is 9.79. The fourth-order valence-corrected chi connectivity index (χ4v) is 9.10. The quantitative estimate of drug-likeness (QED) is 0.0692. The van der Waals surface area contributed by atoms with Gasteiger partial charge in [0.2, 0.25) is 0 Å². The minimum Gasteiger partial charge on any atom is -0.288 e. The largest absolute Gasteiger partial charge is 0.288 e. The Morgan fingerprint density at radius 3 is 0.974 bits per heavy atom. The second-order valence-electron chi connectivity index (χ2n) is 9.29. The number of rotatable bonds is 13. The average Bonchev–Trinajstić information content (AvgIpc) is 2.98. The predicted octanol–water partition coefficient (Wildman–Crippen LogP) is 6.95. The van der Waals surface area contributed by atoms with E-state index in [9.17, 15) is 0 Å². The van der Waals surface area contributed by atoms with Crippen molar-refractivity contribution in [3.63, 3.8) is 0 Å². The number of aliphatic imine (C=N–C) groups is 2. The van der Waals surface area contributed by atoms with Crippen molar-refractivity contribution in [3.05, 3.63) is 121 Å².